The average molecular weight is 549 g/mol. The SMILES string of the molecule is CC(C)(C)[Si](C)(C)O[C@@H]1[C@H](O[P+](=O)O)[C@@H](CO)O[C@H]1n1cnc2c(NC(=O)c3ccccc3)nncc21. The van der Waals surface area contributed by atoms with E-state index < -0.39 is 47.7 Å². The number of nitrogens with zero attached hydrogens (tertiary/aromatic N) is 4. The number of benzene rings is 1. The summed E-state index contributed by atoms with van der Waals surface area (Å²) < 4.78 is 31.4. The number of anilines is 1. The van der Waals surface area contributed by atoms with E-state index in [1.165, 1.54) is 12.5 Å². The Kier molecular flexibility index (Phi) is 7.86. The monoisotopic (exact) mass is 548 g/mol. The van der Waals surface area contributed by atoms with Crippen LogP contribution in [0.1, 0.15) is 37.4 Å². The van der Waals surface area contributed by atoms with Gasteiger partial charge in [0.05, 0.1) is 24.6 Å². The molecule has 12 nitrogen and oxygen atoms in total. The van der Waals surface area contributed by atoms with Crippen molar-refractivity contribution >= 4 is 39.3 Å². The molecule has 1 aliphatic heterocycles. The Labute approximate surface area is 216 Å². The molecule has 37 heavy (non-hydrogen) atoms. The third kappa shape index (κ3) is 5.63. The molecule has 4 rings (SSSR count). The number of rotatable bonds is 8. The van der Waals surface area contributed by atoms with E-state index in [0.717, 1.165) is 0 Å². The summed E-state index contributed by atoms with van der Waals surface area (Å²) in [6, 6.07) is 8.68. The molecule has 0 bridgehead atoms. The van der Waals surface area contributed by atoms with E-state index in [0.29, 0.717) is 16.6 Å². The summed E-state index contributed by atoms with van der Waals surface area (Å²) in [6.07, 6.45) is -0.663. The van der Waals surface area contributed by atoms with Gasteiger partial charge >= 0.3 is 8.25 Å². The molecule has 0 radical (unpaired) electrons. The first-order valence-electron chi connectivity index (χ1n) is 11.7. The fourth-order valence-electron chi connectivity index (χ4n) is 3.88. The number of nitrogens with one attached hydrogen (secondary N) is 1. The number of hydrogen-bond acceptors (Lipinski definition) is 9. The summed E-state index contributed by atoms with van der Waals surface area (Å²) >= 11 is 0. The summed E-state index contributed by atoms with van der Waals surface area (Å²) in [7, 11) is -5.42. The maximum atomic E-state index is 12.7. The van der Waals surface area contributed by atoms with Gasteiger partial charge in [-0.15, -0.1) is 14.5 Å². The molecular formula is C23H31N5O7PSi+. The van der Waals surface area contributed by atoms with E-state index in [2.05, 4.69) is 41.3 Å². The Balaban J connectivity index is 1.72. The first-order valence-corrected chi connectivity index (χ1v) is 15.8. The summed E-state index contributed by atoms with van der Waals surface area (Å²) in [5.74, 6) is -0.205. The number of ether oxygens (including phenoxy) is 1. The quantitative estimate of drug-likeness (QED) is 0.281. The van der Waals surface area contributed by atoms with Crippen LogP contribution in [0.25, 0.3) is 11.0 Å². The summed E-state index contributed by atoms with van der Waals surface area (Å²) in [6.45, 7) is 9.84. The van der Waals surface area contributed by atoms with Gasteiger partial charge in [0.2, 0.25) is 0 Å². The van der Waals surface area contributed by atoms with Gasteiger partial charge in [-0.3, -0.25) is 9.36 Å². The highest BCUT2D eigenvalue weighted by atomic mass is 31.1. The minimum atomic E-state index is -2.99. The van der Waals surface area contributed by atoms with Crippen molar-refractivity contribution in [2.24, 2.45) is 0 Å². The second-order valence-corrected chi connectivity index (χ2v) is 15.7. The van der Waals surface area contributed by atoms with E-state index in [1.54, 1.807) is 28.8 Å². The van der Waals surface area contributed by atoms with Crippen molar-refractivity contribution in [3.05, 3.63) is 48.4 Å². The maximum Gasteiger partial charge on any atom is 0.695 e. The van der Waals surface area contributed by atoms with Crippen LogP contribution in [0.2, 0.25) is 18.1 Å². The number of carbonyl (C=O) groups is 1. The molecule has 0 spiro atoms. The smallest absolute Gasteiger partial charge is 0.406 e. The highest BCUT2D eigenvalue weighted by Crippen LogP contribution is 2.44. The number of amides is 1. The molecule has 1 fully saturated rings. The lowest BCUT2D eigenvalue weighted by Gasteiger charge is -2.40. The van der Waals surface area contributed by atoms with Crippen LogP contribution in [0.5, 0.6) is 0 Å². The van der Waals surface area contributed by atoms with Gasteiger partial charge in [-0.2, -0.15) is 5.10 Å². The standard InChI is InChI=1S/C23H30N5O7PSi/c1-23(2,3)37(4,5)35-19-18(34-36(31)32)16(12-29)33-22(19)28-13-24-17-15(28)11-25-27-20(17)26-21(30)14-9-7-6-8-10-14/h6-11,13,16,18-19,22,29H,12H2,1-5H3,(H-,26,27,30,31,32)/p+1/t16-,18-,19-,22-/m1/s1. The number of carbonyl (C=O) groups excluding carboxylic acids is 1. The molecule has 2 aromatic heterocycles. The van der Waals surface area contributed by atoms with Crippen LogP contribution in [-0.2, 0) is 18.3 Å². The van der Waals surface area contributed by atoms with Crippen molar-refractivity contribution in [2.45, 2.75) is 63.4 Å². The van der Waals surface area contributed by atoms with Crippen molar-refractivity contribution in [1.82, 2.24) is 19.7 Å². The van der Waals surface area contributed by atoms with E-state index in [4.69, 9.17) is 13.7 Å². The zero-order chi connectivity index (χ0) is 27.0. The highest BCUT2D eigenvalue weighted by Gasteiger charge is 2.54. The summed E-state index contributed by atoms with van der Waals surface area (Å²) in [5, 5.41) is 20.6. The van der Waals surface area contributed by atoms with Crippen molar-refractivity contribution in [1.29, 1.82) is 0 Å². The van der Waals surface area contributed by atoms with Crippen LogP contribution in [0.15, 0.2) is 42.9 Å². The number of aliphatic hydroxyl groups is 1. The molecule has 3 heterocycles. The predicted octanol–water partition coefficient (Wildman–Crippen LogP) is 3.39. The maximum absolute atomic E-state index is 12.7. The van der Waals surface area contributed by atoms with Crippen LogP contribution in [0, 0.1) is 0 Å². The van der Waals surface area contributed by atoms with Crippen LogP contribution in [0.3, 0.4) is 0 Å². The Morgan fingerprint density at radius 1 is 1.24 bits per heavy atom. The second kappa shape index (κ2) is 10.6. The molecule has 198 valence electrons. The van der Waals surface area contributed by atoms with E-state index in [-0.39, 0.29) is 16.8 Å². The highest BCUT2D eigenvalue weighted by molar-refractivity contribution is 7.32. The molecule has 3 N–H and O–H groups in total. The van der Waals surface area contributed by atoms with Crippen LogP contribution >= 0.6 is 8.25 Å². The fourth-order valence-corrected chi connectivity index (χ4v) is 5.63. The Morgan fingerprint density at radius 3 is 2.57 bits per heavy atom. The largest absolute Gasteiger partial charge is 0.695 e. The number of hydrogen-bond donors (Lipinski definition) is 3. The number of aliphatic hydroxyl groups excluding tert-OH is 1. The van der Waals surface area contributed by atoms with Crippen molar-refractivity contribution in [3.63, 3.8) is 0 Å². The first kappa shape index (κ1) is 27.4. The topological polar surface area (TPSA) is 158 Å². The number of fused-ring (bicyclic) bond motifs is 1. The van der Waals surface area contributed by atoms with Gasteiger partial charge in [-0.1, -0.05) is 39.0 Å². The molecule has 5 atom stereocenters. The summed E-state index contributed by atoms with van der Waals surface area (Å²) in [5.41, 5.74) is 1.30. The zero-order valence-electron chi connectivity index (χ0n) is 21.2. The molecule has 1 amide bonds. The zero-order valence-corrected chi connectivity index (χ0v) is 23.1. The first-order chi connectivity index (χ1) is 17.4. The summed E-state index contributed by atoms with van der Waals surface area (Å²) in [4.78, 5) is 26.7. The van der Waals surface area contributed by atoms with Crippen LogP contribution < -0.4 is 5.32 Å². The van der Waals surface area contributed by atoms with E-state index >= 15 is 0 Å². The third-order valence-corrected chi connectivity index (χ3v) is 11.7. The number of imidazole rings is 1. The lowest BCUT2D eigenvalue weighted by molar-refractivity contribution is -0.0485. The van der Waals surface area contributed by atoms with Crippen LogP contribution in [0.4, 0.5) is 5.82 Å². The molecule has 1 saturated heterocycles. The van der Waals surface area contributed by atoms with Crippen molar-refractivity contribution in [2.75, 3.05) is 11.9 Å². The van der Waals surface area contributed by atoms with Gasteiger partial charge < -0.3 is 19.6 Å². The normalized spacial score (nSPS) is 22.8. The van der Waals surface area contributed by atoms with Crippen molar-refractivity contribution < 1.29 is 33.0 Å². The van der Waals surface area contributed by atoms with Gasteiger partial charge in [0.25, 0.3) is 5.91 Å². The van der Waals surface area contributed by atoms with Gasteiger partial charge in [0, 0.05) is 10.1 Å². The molecule has 14 heteroatoms. The third-order valence-electron chi connectivity index (χ3n) is 6.85. The minimum Gasteiger partial charge on any atom is -0.406 e. The molecule has 1 aliphatic rings. The molecular weight excluding hydrogens is 517 g/mol. The molecule has 1 unspecified atom stereocenters. The lowest BCUT2D eigenvalue weighted by Crippen LogP contribution is -2.49. The van der Waals surface area contributed by atoms with E-state index in [9.17, 15) is 19.4 Å². The number of aromatic nitrogens is 4. The molecule has 3 aromatic rings. The molecule has 0 aliphatic carbocycles. The van der Waals surface area contributed by atoms with E-state index in [1.807, 2.05) is 19.2 Å². The molecule has 0 saturated carbocycles. The van der Waals surface area contributed by atoms with Gasteiger partial charge in [0.15, 0.2) is 26.5 Å². The van der Waals surface area contributed by atoms with Gasteiger partial charge in [0.1, 0.15) is 17.7 Å². The fraction of sp³-hybridized carbons (Fsp3) is 0.478. The van der Waals surface area contributed by atoms with Crippen LogP contribution in [-0.4, -0.2) is 68.9 Å². The Morgan fingerprint density at radius 2 is 1.95 bits per heavy atom. The predicted molar refractivity (Wildman–Crippen MR) is 137 cm³/mol. The average Bonchev–Trinajstić information content (AvgIpc) is 3.40. The van der Waals surface area contributed by atoms with Gasteiger partial charge in [-0.25, -0.2) is 4.98 Å². The van der Waals surface area contributed by atoms with Gasteiger partial charge in [-0.05, 0) is 30.3 Å². The lowest BCUT2D eigenvalue weighted by atomic mass is 10.1. The van der Waals surface area contributed by atoms with Crippen molar-refractivity contribution in [3.8, 4) is 0 Å². The minimum absolute atomic E-state index is 0.162. The molecule has 1 aromatic carbocycles. The Bertz CT molecular complexity index is 1280. The Hall–Kier alpha value is -2.64. The second-order valence-electron chi connectivity index (χ2n) is 10.3.